The van der Waals surface area contributed by atoms with Crippen LogP contribution in [0.1, 0.15) is 76.5 Å². The van der Waals surface area contributed by atoms with Crippen LogP contribution in [0.25, 0.3) is 0 Å². The molecule has 22 heavy (non-hydrogen) atoms. The third-order valence-electron chi connectivity index (χ3n) is 6.66. The van der Waals surface area contributed by atoms with E-state index in [2.05, 4.69) is 40.7 Å². The normalized spacial score (nSPS) is 33.4. The number of benzene rings is 1. The quantitative estimate of drug-likeness (QED) is 0.801. The summed E-state index contributed by atoms with van der Waals surface area (Å²) in [5.74, 6) is 1.28. The topological polar surface area (TPSA) is 40.5 Å². The molecule has 0 unspecified atom stereocenters. The highest BCUT2D eigenvalue weighted by Gasteiger charge is 2.53. The Morgan fingerprint density at radius 3 is 2.45 bits per heavy atom. The van der Waals surface area contributed by atoms with Crippen molar-refractivity contribution in [2.45, 2.75) is 77.7 Å². The van der Waals surface area contributed by atoms with Crippen LogP contribution in [0.2, 0.25) is 0 Å². The molecule has 2 aliphatic carbocycles. The van der Waals surface area contributed by atoms with Gasteiger partial charge < -0.3 is 10.2 Å². The molecule has 3 atom stereocenters. The molecule has 3 rings (SSSR count). The Bertz CT molecular complexity index is 588. The van der Waals surface area contributed by atoms with Crippen molar-refractivity contribution in [1.29, 1.82) is 0 Å². The summed E-state index contributed by atoms with van der Waals surface area (Å²) in [6.45, 7) is 11.1. The number of aliphatic hydroxyl groups is 1. The third kappa shape index (κ3) is 2.11. The van der Waals surface area contributed by atoms with E-state index < -0.39 is 0 Å². The molecule has 0 spiro atoms. The lowest BCUT2D eigenvalue weighted by Crippen LogP contribution is -2.53. The summed E-state index contributed by atoms with van der Waals surface area (Å²) < 4.78 is 0. The number of phenols is 1. The van der Waals surface area contributed by atoms with Gasteiger partial charge in [0.15, 0.2) is 0 Å². The van der Waals surface area contributed by atoms with Gasteiger partial charge in [0.1, 0.15) is 5.75 Å². The predicted octanol–water partition coefficient (Wildman–Crippen LogP) is 4.52. The first kappa shape index (κ1) is 15.9. The van der Waals surface area contributed by atoms with E-state index in [0.29, 0.717) is 17.6 Å². The average Bonchev–Trinajstić information content (AvgIpc) is 2.42. The van der Waals surface area contributed by atoms with Crippen molar-refractivity contribution in [3.63, 3.8) is 0 Å². The Kier molecular flexibility index (Phi) is 3.60. The molecule has 1 aromatic rings. The Morgan fingerprint density at radius 2 is 1.82 bits per heavy atom. The Balaban J connectivity index is 2.14. The first-order valence-corrected chi connectivity index (χ1v) is 8.72. The van der Waals surface area contributed by atoms with Crippen LogP contribution in [-0.2, 0) is 11.8 Å². The molecule has 0 bridgehead atoms. The zero-order valence-corrected chi connectivity index (χ0v) is 14.6. The molecule has 2 N–H and O–H groups in total. The largest absolute Gasteiger partial charge is 0.508 e. The van der Waals surface area contributed by atoms with Crippen molar-refractivity contribution in [1.82, 2.24) is 0 Å². The molecule has 1 aromatic carbocycles. The van der Waals surface area contributed by atoms with Crippen LogP contribution in [0, 0.1) is 11.3 Å². The lowest BCUT2D eigenvalue weighted by atomic mass is 9.49. The van der Waals surface area contributed by atoms with Gasteiger partial charge in [0.2, 0.25) is 0 Å². The molecule has 0 saturated heterocycles. The first-order chi connectivity index (χ1) is 10.2. The second-order valence-corrected chi connectivity index (χ2v) is 8.61. The smallest absolute Gasteiger partial charge is 0.119 e. The molecular formula is C20H30O2. The molecule has 2 heteroatoms. The Morgan fingerprint density at radius 1 is 1.14 bits per heavy atom. The van der Waals surface area contributed by atoms with Gasteiger partial charge in [-0.3, -0.25) is 0 Å². The van der Waals surface area contributed by atoms with Crippen molar-refractivity contribution >= 4 is 0 Å². The molecule has 0 amide bonds. The van der Waals surface area contributed by atoms with Crippen LogP contribution in [0.3, 0.4) is 0 Å². The van der Waals surface area contributed by atoms with Crippen molar-refractivity contribution in [2.24, 2.45) is 11.3 Å². The van der Waals surface area contributed by atoms with Crippen molar-refractivity contribution in [2.75, 3.05) is 0 Å². The van der Waals surface area contributed by atoms with Gasteiger partial charge in [0.25, 0.3) is 0 Å². The summed E-state index contributed by atoms with van der Waals surface area (Å²) >= 11 is 0. The van der Waals surface area contributed by atoms with Gasteiger partial charge in [-0.15, -0.1) is 0 Å². The lowest BCUT2D eigenvalue weighted by Gasteiger charge is -2.56. The minimum Gasteiger partial charge on any atom is -0.508 e. The van der Waals surface area contributed by atoms with E-state index in [1.807, 2.05) is 6.07 Å². The van der Waals surface area contributed by atoms with Crippen LogP contribution in [0.5, 0.6) is 5.75 Å². The molecule has 1 saturated carbocycles. The summed E-state index contributed by atoms with van der Waals surface area (Å²) in [5.41, 5.74) is 3.87. The fourth-order valence-corrected chi connectivity index (χ4v) is 5.20. The number of rotatable bonds is 1. The van der Waals surface area contributed by atoms with Crippen LogP contribution in [0.15, 0.2) is 12.1 Å². The Hall–Kier alpha value is -1.02. The summed E-state index contributed by atoms with van der Waals surface area (Å²) in [4.78, 5) is 0. The highest BCUT2D eigenvalue weighted by molar-refractivity contribution is 5.48. The van der Waals surface area contributed by atoms with Gasteiger partial charge in [-0.1, -0.05) is 40.7 Å². The van der Waals surface area contributed by atoms with Gasteiger partial charge in [0.05, 0.1) is 6.10 Å². The highest BCUT2D eigenvalue weighted by atomic mass is 16.3. The number of hydrogen-bond acceptors (Lipinski definition) is 2. The average molecular weight is 302 g/mol. The van der Waals surface area contributed by atoms with Gasteiger partial charge in [-0.05, 0) is 71.1 Å². The maximum atomic E-state index is 10.5. The minimum atomic E-state index is -0.200. The van der Waals surface area contributed by atoms with E-state index in [4.69, 9.17) is 0 Å². The van der Waals surface area contributed by atoms with Crippen LogP contribution in [-0.4, -0.2) is 16.3 Å². The third-order valence-corrected chi connectivity index (χ3v) is 6.66. The van der Waals surface area contributed by atoms with Crippen LogP contribution >= 0.6 is 0 Å². The zero-order chi connectivity index (χ0) is 16.3. The molecule has 2 nitrogen and oxygen atoms in total. The molecule has 122 valence electrons. The van der Waals surface area contributed by atoms with Crippen molar-refractivity contribution in [3.05, 3.63) is 28.8 Å². The van der Waals surface area contributed by atoms with E-state index in [1.165, 1.54) is 11.1 Å². The fourth-order valence-electron chi connectivity index (χ4n) is 5.20. The zero-order valence-electron chi connectivity index (χ0n) is 14.6. The van der Waals surface area contributed by atoms with E-state index >= 15 is 0 Å². The predicted molar refractivity (Wildman–Crippen MR) is 90.4 cm³/mol. The number of phenolic OH excluding ortho intramolecular Hbond substituents is 1. The maximum Gasteiger partial charge on any atom is 0.119 e. The van der Waals surface area contributed by atoms with E-state index in [-0.39, 0.29) is 16.9 Å². The van der Waals surface area contributed by atoms with E-state index in [1.54, 1.807) is 0 Å². The van der Waals surface area contributed by atoms with Gasteiger partial charge in [0, 0.05) is 0 Å². The molecule has 0 radical (unpaired) electrons. The molecule has 0 heterocycles. The standard InChI is InChI=1S/C20H30O2/c1-12(2)14-11-15-13(10-16(14)21)6-7-17-19(3,4)18(22)8-9-20(15,17)5/h10-12,17-18,21-22H,6-9H2,1-5H3/t17-,18-,20+/m0/s1. The lowest BCUT2D eigenvalue weighted by molar-refractivity contribution is -0.0731. The summed E-state index contributed by atoms with van der Waals surface area (Å²) in [6, 6.07) is 4.26. The van der Waals surface area contributed by atoms with Crippen molar-refractivity contribution in [3.8, 4) is 5.75 Å². The molecule has 0 aliphatic heterocycles. The summed E-state index contributed by atoms with van der Waals surface area (Å²) in [6.07, 6.45) is 3.83. The van der Waals surface area contributed by atoms with E-state index in [9.17, 15) is 10.2 Å². The number of aryl methyl sites for hydroxylation is 1. The second kappa shape index (κ2) is 4.99. The van der Waals surface area contributed by atoms with Gasteiger partial charge in [-0.25, -0.2) is 0 Å². The summed E-state index contributed by atoms with van der Waals surface area (Å²) in [5, 5.41) is 20.8. The minimum absolute atomic E-state index is 0.0411. The first-order valence-electron chi connectivity index (χ1n) is 8.72. The Labute approximate surface area is 134 Å². The number of fused-ring (bicyclic) bond motifs is 3. The van der Waals surface area contributed by atoms with Gasteiger partial charge in [-0.2, -0.15) is 0 Å². The molecule has 2 aliphatic rings. The fraction of sp³-hybridized carbons (Fsp3) is 0.700. The van der Waals surface area contributed by atoms with E-state index in [0.717, 1.165) is 31.2 Å². The number of aliphatic hydroxyl groups excluding tert-OH is 1. The van der Waals surface area contributed by atoms with Crippen LogP contribution in [0.4, 0.5) is 0 Å². The number of aromatic hydroxyl groups is 1. The molecule has 1 fully saturated rings. The van der Waals surface area contributed by atoms with Crippen LogP contribution < -0.4 is 0 Å². The second-order valence-electron chi connectivity index (χ2n) is 8.61. The van der Waals surface area contributed by atoms with Crippen molar-refractivity contribution < 1.29 is 10.2 Å². The molecule has 0 aromatic heterocycles. The number of hydrogen-bond donors (Lipinski definition) is 2. The summed E-state index contributed by atoms with van der Waals surface area (Å²) in [7, 11) is 0. The monoisotopic (exact) mass is 302 g/mol. The highest BCUT2D eigenvalue weighted by Crippen LogP contribution is 2.57. The van der Waals surface area contributed by atoms with Gasteiger partial charge >= 0.3 is 0 Å². The SMILES string of the molecule is CC(C)c1cc2c(cc1O)CC[C@H]1C(C)(C)[C@@H](O)CC[C@]21C. The molecular weight excluding hydrogens is 272 g/mol. The maximum absolute atomic E-state index is 10.5.